The molecule has 0 aromatic heterocycles. The van der Waals surface area contributed by atoms with E-state index in [1.54, 1.807) is 7.11 Å². The highest BCUT2D eigenvalue weighted by Crippen LogP contribution is 2.32. The third-order valence-electron chi connectivity index (χ3n) is 3.50. The summed E-state index contributed by atoms with van der Waals surface area (Å²) in [5.74, 6) is 1.79. The molecule has 2 rings (SSSR count). The van der Waals surface area contributed by atoms with Crippen LogP contribution in [0.15, 0.2) is 24.3 Å². The van der Waals surface area contributed by atoms with E-state index in [0.29, 0.717) is 12.6 Å². The second-order valence-corrected chi connectivity index (χ2v) is 4.91. The molecule has 1 aromatic rings. The minimum absolute atomic E-state index is 0.321. The molecule has 0 saturated heterocycles. The molecule has 0 bridgehead atoms. The summed E-state index contributed by atoms with van der Waals surface area (Å²) in [6.07, 6.45) is 2.76. The van der Waals surface area contributed by atoms with Crippen molar-refractivity contribution in [3.8, 4) is 5.75 Å². The number of likely N-dealkylation sites (N-methyl/N-ethyl adjacent to an activating group) is 1. The normalized spacial score (nSPS) is 17.2. The van der Waals surface area contributed by atoms with E-state index in [9.17, 15) is 0 Å². The van der Waals surface area contributed by atoms with Crippen molar-refractivity contribution in [1.29, 1.82) is 0 Å². The number of rotatable bonds is 6. The Hall–Kier alpha value is -1.06. The number of nitrogens with two attached hydrogens (primary N) is 1. The first-order chi connectivity index (χ1) is 8.24. The Labute approximate surface area is 104 Å². The maximum absolute atomic E-state index is 5.90. The van der Waals surface area contributed by atoms with Crippen LogP contribution in [0.1, 0.15) is 24.4 Å². The molecule has 1 aromatic carbocycles. The lowest BCUT2D eigenvalue weighted by molar-refractivity contribution is 0.240. The zero-order chi connectivity index (χ0) is 12.3. The van der Waals surface area contributed by atoms with Crippen LogP contribution in [-0.4, -0.2) is 32.1 Å². The van der Waals surface area contributed by atoms with Crippen LogP contribution in [-0.2, 0) is 0 Å². The molecule has 17 heavy (non-hydrogen) atoms. The smallest absolute Gasteiger partial charge is 0.118 e. The highest BCUT2D eigenvalue weighted by molar-refractivity contribution is 5.29. The van der Waals surface area contributed by atoms with E-state index < -0.39 is 0 Å². The molecule has 1 atom stereocenters. The summed E-state index contributed by atoms with van der Waals surface area (Å²) < 4.78 is 5.17. The maximum Gasteiger partial charge on any atom is 0.118 e. The second kappa shape index (κ2) is 5.52. The van der Waals surface area contributed by atoms with Crippen molar-refractivity contribution in [3.05, 3.63) is 29.8 Å². The molecule has 3 nitrogen and oxygen atoms in total. The first kappa shape index (κ1) is 12.4. The number of ether oxygens (including phenoxy) is 1. The average Bonchev–Trinajstić information content (AvgIpc) is 3.15. The molecule has 0 heterocycles. The minimum atomic E-state index is 0.321. The Bertz CT molecular complexity index is 346. The van der Waals surface area contributed by atoms with Gasteiger partial charge in [0.1, 0.15) is 5.75 Å². The van der Waals surface area contributed by atoms with Crippen LogP contribution in [0.25, 0.3) is 0 Å². The minimum Gasteiger partial charge on any atom is -0.497 e. The van der Waals surface area contributed by atoms with Crippen LogP contribution in [0.2, 0.25) is 0 Å². The fraction of sp³-hybridized carbons (Fsp3) is 0.571. The standard InChI is InChI=1S/C14H22N2O/c1-16(10-11-3-4-11)14(9-15)12-5-7-13(17-2)8-6-12/h5-8,11,14H,3-4,9-10,15H2,1-2H3. The van der Waals surface area contributed by atoms with Gasteiger partial charge in [-0.05, 0) is 43.5 Å². The van der Waals surface area contributed by atoms with Gasteiger partial charge in [0.15, 0.2) is 0 Å². The van der Waals surface area contributed by atoms with E-state index in [0.717, 1.165) is 18.2 Å². The van der Waals surface area contributed by atoms with E-state index >= 15 is 0 Å². The molecule has 3 heteroatoms. The van der Waals surface area contributed by atoms with Crippen LogP contribution in [0, 0.1) is 5.92 Å². The van der Waals surface area contributed by atoms with Crippen LogP contribution in [0.4, 0.5) is 0 Å². The number of nitrogens with zero attached hydrogens (tertiary/aromatic N) is 1. The zero-order valence-corrected chi connectivity index (χ0v) is 10.7. The van der Waals surface area contributed by atoms with Crippen LogP contribution in [0.3, 0.4) is 0 Å². The zero-order valence-electron chi connectivity index (χ0n) is 10.7. The predicted octanol–water partition coefficient (Wildman–Crippen LogP) is 2.04. The lowest BCUT2D eigenvalue weighted by Crippen LogP contribution is -2.32. The van der Waals surface area contributed by atoms with Crippen LogP contribution >= 0.6 is 0 Å². The Morgan fingerprint density at radius 1 is 1.35 bits per heavy atom. The summed E-state index contributed by atoms with van der Waals surface area (Å²) in [6, 6.07) is 8.55. The third kappa shape index (κ3) is 3.20. The van der Waals surface area contributed by atoms with Gasteiger partial charge in [-0.2, -0.15) is 0 Å². The molecule has 0 radical (unpaired) electrons. The van der Waals surface area contributed by atoms with Crippen molar-refractivity contribution in [2.75, 3.05) is 27.2 Å². The molecule has 1 fully saturated rings. The summed E-state index contributed by atoms with van der Waals surface area (Å²) in [5, 5.41) is 0. The van der Waals surface area contributed by atoms with E-state index in [-0.39, 0.29) is 0 Å². The fourth-order valence-corrected chi connectivity index (χ4v) is 2.23. The molecule has 1 aliphatic rings. The number of hydrogen-bond donors (Lipinski definition) is 1. The maximum atomic E-state index is 5.90. The van der Waals surface area contributed by atoms with E-state index in [4.69, 9.17) is 10.5 Å². The summed E-state index contributed by atoms with van der Waals surface area (Å²) >= 11 is 0. The average molecular weight is 234 g/mol. The van der Waals surface area contributed by atoms with E-state index in [1.807, 2.05) is 12.1 Å². The third-order valence-corrected chi connectivity index (χ3v) is 3.50. The summed E-state index contributed by atoms with van der Waals surface area (Å²) in [7, 11) is 3.86. The molecule has 0 amide bonds. The Morgan fingerprint density at radius 3 is 2.47 bits per heavy atom. The lowest BCUT2D eigenvalue weighted by Gasteiger charge is -2.27. The number of benzene rings is 1. The van der Waals surface area contributed by atoms with Gasteiger partial charge in [0.25, 0.3) is 0 Å². The van der Waals surface area contributed by atoms with Crippen molar-refractivity contribution >= 4 is 0 Å². The topological polar surface area (TPSA) is 38.5 Å². The molecule has 1 saturated carbocycles. The Balaban J connectivity index is 2.04. The van der Waals surface area contributed by atoms with Crippen molar-refractivity contribution in [2.24, 2.45) is 11.7 Å². The van der Waals surface area contributed by atoms with Crippen molar-refractivity contribution in [1.82, 2.24) is 4.90 Å². The molecular formula is C14H22N2O. The molecule has 1 unspecified atom stereocenters. The van der Waals surface area contributed by atoms with Crippen molar-refractivity contribution < 1.29 is 4.74 Å². The summed E-state index contributed by atoms with van der Waals surface area (Å²) in [4.78, 5) is 2.37. The molecule has 1 aliphatic carbocycles. The first-order valence-electron chi connectivity index (χ1n) is 6.29. The van der Waals surface area contributed by atoms with Gasteiger partial charge in [0, 0.05) is 19.1 Å². The summed E-state index contributed by atoms with van der Waals surface area (Å²) in [5.41, 5.74) is 7.17. The Kier molecular flexibility index (Phi) is 4.02. The van der Waals surface area contributed by atoms with Crippen LogP contribution in [0.5, 0.6) is 5.75 Å². The highest BCUT2D eigenvalue weighted by atomic mass is 16.5. The van der Waals surface area contributed by atoms with Gasteiger partial charge in [-0.25, -0.2) is 0 Å². The van der Waals surface area contributed by atoms with Gasteiger partial charge in [0.2, 0.25) is 0 Å². The lowest BCUT2D eigenvalue weighted by atomic mass is 10.1. The monoisotopic (exact) mass is 234 g/mol. The molecule has 0 spiro atoms. The summed E-state index contributed by atoms with van der Waals surface area (Å²) in [6.45, 7) is 1.82. The number of methoxy groups -OCH3 is 1. The number of hydrogen-bond acceptors (Lipinski definition) is 3. The predicted molar refractivity (Wildman–Crippen MR) is 70.1 cm³/mol. The largest absolute Gasteiger partial charge is 0.497 e. The highest BCUT2D eigenvalue weighted by Gasteiger charge is 2.26. The molecule has 2 N–H and O–H groups in total. The van der Waals surface area contributed by atoms with E-state index in [2.05, 4.69) is 24.1 Å². The van der Waals surface area contributed by atoms with Crippen molar-refractivity contribution in [3.63, 3.8) is 0 Å². The molecular weight excluding hydrogens is 212 g/mol. The van der Waals surface area contributed by atoms with Gasteiger partial charge in [-0.1, -0.05) is 12.1 Å². The first-order valence-corrected chi connectivity index (χ1v) is 6.29. The molecule has 0 aliphatic heterocycles. The Morgan fingerprint density at radius 2 is 2.00 bits per heavy atom. The quantitative estimate of drug-likeness (QED) is 0.818. The second-order valence-electron chi connectivity index (χ2n) is 4.91. The molecule has 94 valence electrons. The fourth-order valence-electron chi connectivity index (χ4n) is 2.23. The van der Waals surface area contributed by atoms with Crippen LogP contribution < -0.4 is 10.5 Å². The van der Waals surface area contributed by atoms with Gasteiger partial charge in [0.05, 0.1) is 7.11 Å². The van der Waals surface area contributed by atoms with Gasteiger partial charge in [-0.3, -0.25) is 4.90 Å². The van der Waals surface area contributed by atoms with Gasteiger partial charge < -0.3 is 10.5 Å². The van der Waals surface area contributed by atoms with E-state index in [1.165, 1.54) is 18.4 Å². The van der Waals surface area contributed by atoms with Crippen molar-refractivity contribution in [2.45, 2.75) is 18.9 Å². The SMILES string of the molecule is COc1ccc(C(CN)N(C)CC2CC2)cc1. The van der Waals surface area contributed by atoms with Gasteiger partial charge >= 0.3 is 0 Å². The van der Waals surface area contributed by atoms with Gasteiger partial charge in [-0.15, -0.1) is 0 Å².